The molecule has 10 rings (SSSR count). The Morgan fingerprint density at radius 2 is 0.980 bits per heavy atom. The molecule has 8 aromatic carbocycles. The van der Waals surface area contributed by atoms with Crippen LogP contribution < -0.4 is 15.9 Å². The fraction of sp³-hybridized carbons (Fsp3) is 0. The minimum absolute atomic E-state index is 0.996. The quantitative estimate of drug-likeness (QED) is 0.138. The Bertz CT molecular complexity index is 2920. The van der Waals surface area contributed by atoms with Gasteiger partial charge in [0.15, 0.2) is 0 Å². The minimum Gasteiger partial charge on any atom is -0.292 e. The molecular weight excluding hydrogens is 632 g/mol. The summed E-state index contributed by atoms with van der Waals surface area (Å²) in [5.74, 6) is 0. The number of benzene rings is 8. The monoisotopic (exact) mass is 660 g/mol. The summed E-state index contributed by atoms with van der Waals surface area (Å²) in [6.45, 7) is 0. The van der Waals surface area contributed by atoms with E-state index in [9.17, 15) is 0 Å². The molecule has 4 heteroatoms. The summed E-state index contributed by atoms with van der Waals surface area (Å²) in [7, 11) is 0. The van der Waals surface area contributed by atoms with E-state index in [1.165, 1.54) is 64.9 Å². The molecule has 0 aliphatic carbocycles. The molecule has 49 heavy (non-hydrogen) atoms. The van der Waals surface area contributed by atoms with E-state index in [1.54, 1.807) is 0 Å². The van der Waals surface area contributed by atoms with Gasteiger partial charge < -0.3 is 0 Å². The molecule has 0 bridgehead atoms. The van der Waals surface area contributed by atoms with Gasteiger partial charge in [0.05, 0.1) is 16.6 Å². The zero-order valence-corrected chi connectivity index (χ0v) is 28.2. The second-order valence-corrected chi connectivity index (χ2v) is 17.1. The lowest BCUT2D eigenvalue weighted by atomic mass is 9.95. The van der Waals surface area contributed by atoms with Crippen molar-refractivity contribution in [3.63, 3.8) is 0 Å². The summed E-state index contributed by atoms with van der Waals surface area (Å²) in [5, 5.41) is 12.2. The second kappa shape index (κ2) is 11.0. The molecule has 0 aliphatic rings. The Labute approximate surface area is 288 Å². The lowest BCUT2D eigenvalue weighted by molar-refractivity contribution is 1.31. The molecule has 0 saturated heterocycles. The maximum Gasteiger partial charge on any atom is 0.146 e. The van der Waals surface area contributed by atoms with Gasteiger partial charge in [-0.3, -0.25) is 4.40 Å². The number of para-hydroxylation sites is 3. The van der Waals surface area contributed by atoms with Crippen LogP contribution in [0.5, 0.6) is 0 Å². The van der Waals surface area contributed by atoms with Gasteiger partial charge in [0.25, 0.3) is 0 Å². The SMILES string of the molecule is S=P(c1ccccc1)(c1ccccc1)c1ccc2c(ccc3cc(-c4ccc5c(c4)c4ccccc4n4c6ccccc6nc54)ccc32)c1. The van der Waals surface area contributed by atoms with Crippen molar-refractivity contribution in [1.82, 2.24) is 9.38 Å². The van der Waals surface area contributed by atoms with Crippen LogP contribution in [0.4, 0.5) is 0 Å². The highest BCUT2D eigenvalue weighted by molar-refractivity contribution is 8.25. The Kier molecular flexibility index (Phi) is 6.36. The van der Waals surface area contributed by atoms with Crippen LogP contribution in [0, 0.1) is 0 Å². The van der Waals surface area contributed by atoms with Gasteiger partial charge >= 0.3 is 0 Å². The normalized spacial score (nSPS) is 12.2. The van der Waals surface area contributed by atoms with E-state index >= 15 is 0 Å². The number of pyridine rings is 1. The average Bonchev–Trinajstić information content (AvgIpc) is 3.58. The van der Waals surface area contributed by atoms with Gasteiger partial charge in [-0.2, -0.15) is 0 Å². The summed E-state index contributed by atoms with van der Waals surface area (Å²) >= 11 is 6.64. The summed E-state index contributed by atoms with van der Waals surface area (Å²) in [4.78, 5) is 5.08. The first kappa shape index (κ1) is 28.4. The van der Waals surface area contributed by atoms with Crippen molar-refractivity contribution in [2.24, 2.45) is 0 Å². The zero-order chi connectivity index (χ0) is 32.5. The van der Waals surface area contributed by atoms with Crippen molar-refractivity contribution < 1.29 is 0 Å². The maximum atomic E-state index is 6.64. The highest BCUT2D eigenvalue weighted by Crippen LogP contribution is 2.44. The van der Waals surface area contributed by atoms with Crippen molar-refractivity contribution in [2.75, 3.05) is 0 Å². The van der Waals surface area contributed by atoms with E-state index in [4.69, 9.17) is 16.8 Å². The molecule has 0 N–H and O–H groups in total. The number of hydrogen-bond acceptors (Lipinski definition) is 2. The highest BCUT2D eigenvalue weighted by Gasteiger charge is 2.25. The van der Waals surface area contributed by atoms with Crippen LogP contribution in [0.25, 0.3) is 71.0 Å². The smallest absolute Gasteiger partial charge is 0.146 e. The topological polar surface area (TPSA) is 17.3 Å². The Balaban J connectivity index is 1.11. The van der Waals surface area contributed by atoms with Gasteiger partial charge in [0, 0.05) is 16.8 Å². The van der Waals surface area contributed by atoms with Gasteiger partial charge in [0.2, 0.25) is 0 Å². The minimum atomic E-state index is -2.22. The van der Waals surface area contributed by atoms with Gasteiger partial charge in [-0.25, -0.2) is 4.98 Å². The highest BCUT2D eigenvalue weighted by atomic mass is 32.4. The van der Waals surface area contributed by atoms with E-state index < -0.39 is 6.04 Å². The van der Waals surface area contributed by atoms with Crippen LogP contribution >= 0.6 is 6.04 Å². The van der Waals surface area contributed by atoms with Crippen LogP contribution in [-0.4, -0.2) is 9.38 Å². The first-order valence-corrected chi connectivity index (χ1v) is 19.4. The Morgan fingerprint density at radius 3 is 1.71 bits per heavy atom. The molecule has 0 amide bonds. The molecule has 2 nitrogen and oxygen atoms in total. The number of imidazole rings is 1. The molecule has 0 spiro atoms. The van der Waals surface area contributed by atoms with Crippen LogP contribution in [0.2, 0.25) is 0 Å². The van der Waals surface area contributed by atoms with E-state index in [0.29, 0.717) is 0 Å². The number of aromatic nitrogens is 2. The number of hydrogen-bond donors (Lipinski definition) is 0. The van der Waals surface area contributed by atoms with Crippen molar-refractivity contribution in [1.29, 1.82) is 0 Å². The van der Waals surface area contributed by atoms with E-state index in [2.05, 4.69) is 180 Å². The molecule has 0 fully saturated rings. The van der Waals surface area contributed by atoms with Gasteiger partial charge in [-0.1, -0.05) is 145 Å². The summed E-state index contributed by atoms with van der Waals surface area (Å²) in [5.41, 5.74) is 6.71. The van der Waals surface area contributed by atoms with Crippen molar-refractivity contribution in [2.45, 2.75) is 0 Å². The van der Waals surface area contributed by atoms with E-state index in [-0.39, 0.29) is 0 Å². The maximum absolute atomic E-state index is 6.64. The standard InChI is InChI=1S/C45H29N2PS/c49-48(34-11-3-1-4-12-34,35-13-5-2-6-14-35)36-23-26-38-33(28-36)20-19-32-27-30(21-24-37(32)38)31-22-25-40-41(29-31)39-15-7-9-17-43(39)47-44-18-10-8-16-42(44)46-45(40)47/h1-29H. The fourth-order valence-electron chi connectivity index (χ4n) is 7.65. The lowest BCUT2D eigenvalue weighted by Gasteiger charge is -2.24. The summed E-state index contributed by atoms with van der Waals surface area (Å²) in [6.07, 6.45) is 0. The summed E-state index contributed by atoms with van der Waals surface area (Å²) < 4.78 is 2.30. The average molecular weight is 661 g/mol. The van der Waals surface area contributed by atoms with Crippen molar-refractivity contribution in [3.05, 3.63) is 176 Å². The third-order valence-electron chi connectivity index (χ3n) is 10.0. The molecule has 0 radical (unpaired) electrons. The first-order chi connectivity index (χ1) is 24.2. The zero-order valence-electron chi connectivity index (χ0n) is 26.5. The Morgan fingerprint density at radius 1 is 0.408 bits per heavy atom. The molecular formula is C45H29N2PS. The van der Waals surface area contributed by atoms with E-state index in [1.807, 2.05) is 0 Å². The number of rotatable bonds is 4. The molecule has 2 heterocycles. The molecule has 0 aliphatic heterocycles. The van der Waals surface area contributed by atoms with Crippen LogP contribution in [0.15, 0.2) is 176 Å². The van der Waals surface area contributed by atoms with Crippen molar-refractivity contribution >= 4 is 93.7 Å². The van der Waals surface area contributed by atoms with Crippen LogP contribution in [0.1, 0.15) is 0 Å². The Hall–Kier alpha value is -5.60. The molecule has 0 saturated carbocycles. The van der Waals surface area contributed by atoms with Gasteiger partial charge in [-0.05, 0) is 96.4 Å². The lowest BCUT2D eigenvalue weighted by Crippen LogP contribution is -2.24. The van der Waals surface area contributed by atoms with Crippen LogP contribution in [-0.2, 0) is 11.8 Å². The number of fused-ring (bicyclic) bond motifs is 11. The van der Waals surface area contributed by atoms with Crippen molar-refractivity contribution in [3.8, 4) is 11.1 Å². The predicted molar refractivity (Wildman–Crippen MR) is 214 cm³/mol. The van der Waals surface area contributed by atoms with E-state index in [0.717, 1.165) is 22.1 Å². The second-order valence-electron chi connectivity index (χ2n) is 12.7. The fourth-order valence-corrected chi connectivity index (χ4v) is 11.4. The third kappa shape index (κ3) is 4.33. The molecule has 2 aromatic heterocycles. The van der Waals surface area contributed by atoms with Gasteiger partial charge in [0.1, 0.15) is 5.65 Å². The number of nitrogens with zero attached hydrogens (tertiary/aromatic N) is 2. The summed E-state index contributed by atoms with van der Waals surface area (Å²) in [6, 6.07) is 61.2. The van der Waals surface area contributed by atoms with Gasteiger partial charge in [-0.15, -0.1) is 0 Å². The molecule has 0 atom stereocenters. The molecule has 230 valence electrons. The first-order valence-electron chi connectivity index (χ1n) is 16.6. The molecule has 10 aromatic rings. The third-order valence-corrected chi connectivity index (χ3v) is 15.0. The van der Waals surface area contributed by atoms with Crippen LogP contribution in [0.3, 0.4) is 0 Å². The predicted octanol–water partition coefficient (Wildman–Crippen LogP) is 10.5. The molecule has 0 unspecified atom stereocenters. The largest absolute Gasteiger partial charge is 0.292 e.